The molecule has 1 aromatic carbocycles. The number of para-hydroxylation sites is 1. The van der Waals surface area contributed by atoms with Crippen molar-refractivity contribution >= 4 is 34.3 Å². The van der Waals surface area contributed by atoms with Crippen LogP contribution in [-0.4, -0.2) is 45.8 Å². The summed E-state index contributed by atoms with van der Waals surface area (Å²) in [7, 11) is 0. The second kappa shape index (κ2) is 8.36. The lowest BCUT2D eigenvalue weighted by Gasteiger charge is -2.40. The lowest BCUT2D eigenvalue weighted by Crippen LogP contribution is -2.52. The molecule has 1 aliphatic rings. The summed E-state index contributed by atoms with van der Waals surface area (Å²) in [6.07, 6.45) is 3.27. The van der Waals surface area contributed by atoms with Crippen molar-refractivity contribution in [3.63, 3.8) is 0 Å². The maximum atomic E-state index is 13.8. The number of benzene rings is 1. The van der Waals surface area contributed by atoms with Crippen molar-refractivity contribution in [1.82, 2.24) is 20.2 Å². The largest absolute Gasteiger partial charge is 0.349 e. The second-order valence-corrected chi connectivity index (χ2v) is 7.94. The van der Waals surface area contributed by atoms with Gasteiger partial charge in [0, 0.05) is 30.7 Å². The molecule has 6 nitrogen and oxygen atoms in total. The van der Waals surface area contributed by atoms with E-state index in [2.05, 4.69) is 15.3 Å². The van der Waals surface area contributed by atoms with Crippen LogP contribution in [-0.2, 0) is 0 Å². The third-order valence-corrected chi connectivity index (χ3v) is 5.46. The monoisotopic (exact) mass is 426 g/mol. The first-order valence-electron chi connectivity index (χ1n) is 9.67. The van der Waals surface area contributed by atoms with Crippen LogP contribution < -0.4 is 5.32 Å². The number of rotatable bonds is 5. The molecule has 1 saturated heterocycles. The molecule has 4 rings (SSSR count). The molecule has 2 amide bonds. The number of nitrogens with one attached hydrogen (secondary N) is 1. The molecule has 2 aromatic heterocycles. The van der Waals surface area contributed by atoms with E-state index in [-0.39, 0.29) is 28.6 Å². The maximum absolute atomic E-state index is 13.8. The quantitative estimate of drug-likeness (QED) is 0.631. The van der Waals surface area contributed by atoms with E-state index in [0.717, 1.165) is 17.1 Å². The number of carbonyl (C=O) groups is 2. The van der Waals surface area contributed by atoms with Crippen molar-refractivity contribution in [2.75, 3.05) is 13.1 Å². The number of hydrogen-bond acceptors (Lipinski definition) is 4. The third kappa shape index (κ3) is 4.11. The van der Waals surface area contributed by atoms with Gasteiger partial charge >= 0.3 is 0 Å². The Morgan fingerprint density at radius 1 is 1.23 bits per heavy atom. The summed E-state index contributed by atoms with van der Waals surface area (Å²) >= 11 is 5.75. The number of fused-ring (bicyclic) bond motifs is 1. The van der Waals surface area contributed by atoms with Gasteiger partial charge in [-0.1, -0.05) is 29.8 Å². The van der Waals surface area contributed by atoms with Gasteiger partial charge in [-0.3, -0.25) is 14.6 Å². The lowest BCUT2D eigenvalue weighted by molar-refractivity contribution is 0.0466. The van der Waals surface area contributed by atoms with Crippen LogP contribution in [0.5, 0.6) is 0 Å². The normalized spacial score (nSPS) is 15.0. The van der Waals surface area contributed by atoms with Crippen molar-refractivity contribution in [1.29, 1.82) is 0 Å². The van der Waals surface area contributed by atoms with Gasteiger partial charge in [-0.25, -0.2) is 9.37 Å². The first kappa shape index (κ1) is 20.2. The SMILES string of the molecule is CC(CC1CN(C(=O)c2ccnc3ccccc23)C1)NC(=O)c1cc(Cl)ncc1F. The first-order valence-corrected chi connectivity index (χ1v) is 10.0. The van der Waals surface area contributed by atoms with Crippen molar-refractivity contribution in [2.45, 2.75) is 19.4 Å². The predicted molar refractivity (Wildman–Crippen MR) is 112 cm³/mol. The highest BCUT2D eigenvalue weighted by molar-refractivity contribution is 6.29. The van der Waals surface area contributed by atoms with E-state index in [9.17, 15) is 14.0 Å². The molecule has 30 heavy (non-hydrogen) atoms. The Kier molecular flexibility index (Phi) is 5.63. The smallest absolute Gasteiger partial charge is 0.254 e. The molecule has 0 spiro atoms. The van der Waals surface area contributed by atoms with Crippen LogP contribution in [0.1, 0.15) is 34.1 Å². The molecule has 0 bridgehead atoms. The van der Waals surface area contributed by atoms with Gasteiger partial charge in [0.25, 0.3) is 11.8 Å². The van der Waals surface area contributed by atoms with Gasteiger partial charge in [-0.2, -0.15) is 0 Å². The number of hydrogen-bond donors (Lipinski definition) is 1. The van der Waals surface area contributed by atoms with Crippen LogP contribution in [0.25, 0.3) is 10.9 Å². The van der Waals surface area contributed by atoms with E-state index < -0.39 is 11.7 Å². The van der Waals surface area contributed by atoms with Crippen LogP contribution in [0.2, 0.25) is 5.15 Å². The highest BCUT2D eigenvalue weighted by atomic mass is 35.5. The van der Waals surface area contributed by atoms with Gasteiger partial charge in [0.1, 0.15) is 5.15 Å². The number of amides is 2. The average molecular weight is 427 g/mol. The van der Waals surface area contributed by atoms with Crippen molar-refractivity contribution in [3.05, 3.63) is 70.9 Å². The minimum Gasteiger partial charge on any atom is -0.349 e. The molecule has 1 aliphatic heterocycles. The summed E-state index contributed by atoms with van der Waals surface area (Å²) in [5, 5.41) is 3.69. The Morgan fingerprint density at radius 3 is 2.80 bits per heavy atom. The molecule has 3 aromatic rings. The van der Waals surface area contributed by atoms with Gasteiger partial charge in [-0.15, -0.1) is 0 Å². The van der Waals surface area contributed by atoms with Crippen molar-refractivity contribution in [2.24, 2.45) is 5.92 Å². The Morgan fingerprint density at radius 2 is 2.00 bits per heavy atom. The van der Waals surface area contributed by atoms with E-state index in [4.69, 9.17) is 11.6 Å². The summed E-state index contributed by atoms with van der Waals surface area (Å²) in [6.45, 7) is 3.09. The zero-order chi connectivity index (χ0) is 21.3. The lowest BCUT2D eigenvalue weighted by atomic mass is 9.91. The molecule has 1 N–H and O–H groups in total. The highest BCUT2D eigenvalue weighted by Crippen LogP contribution is 2.25. The fourth-order valence-corrected chi connectivity index (χ4v) is 3.94. The van der Waals surface area contributed by atoms with E-state index in [1.54, 1.807) is 17.2 Å². The average Bonchev–Trinajstić information content (AvgIpc) is 2.71. The first-order chi connectivity index (χ1) is 14.4. The minimum atomic E-state index is -0.714. The topological polar surface area (TPSA) is 75.2 Å². The predicted octanol–water partition coefficient (Wildman–Crippen LogP) is 3.70. The maximum Gasteiger partial charge on any atom is 0.254 e. The van der Waals surface area contributed by atoms with Crippen LogP contribution in [0.15, 0.2) is 48.8 Å². The summed E-state index contributed by atoms with van der Waals surface area (Å²) < 4.78 is 13.8. The highest BCUT2D eigenvalue weighted by Gasteiger charge is 2.33. The zero-order valence-electron chi connectivity index (χ0n) is 16.3. The molecule has 0 radical (unpaired) electrons. The Labute approximate surface area is 178 Å². The van der Waals surface area contributed by atoms with Gasteiger partial charge in [0.15, 0.2) is 5.82 Å². The molecular formula is C22H20ClFN4O2. The van der Waals surface area contributed by atoms with E-state index in [1.807, 2.05) is 31.2 Å². The number of carbonyl (C=O) groups excluding carboxylic acids is 2. The second-order valence-electron chi connectivity index (χ2n) is 7.55. The molecule has 1 atom stereocenters. The molecule has 8 heteroatoms. The molecule has 0 aliphatic carbocycles. The summed E-state index contributed by atoms with van der Waals surface area (Å²) in [4.78, 5) is 34.9. The van der Waals surface area contributed by atoms with Crippen LogP contribution in [0, 0.1) is 11.7 Å². The molecule has 3 heterocycles. The van der Waals surface area contributed by atoms with Gasteiger partial charge in [-0.05, 0) is 37.5 Å². The molecule has 1 fully saturated rings. The molecule has 154 valence electrons. The molecule has 0 saturated carbocycles. The number of likely N-dealkylation sites (tertiary alicyclic amines) is 1. The summed E-state index contributed by atoms with van der Waals surface area (Å²) in [5.41, 5.74) is 1.31. The number of pyridine rings is 2. The van der Waals surface area contributed by atoms with Crippen LogP contribution in [0.4, 0.5) is 4.39 Å². The van der Waals surface area contributed by atoms with E-state index >= 15 is 0 Å². The van der Waals surface area contributed by atoms with Gasteiger partial charge in [0.05, 0.1) is 22.8 Å². The van der Waals surface area contributed by atoms with Crippen LogP contribution >= 0.6 is 11.6 Å². The number of halogens is 2. The number of aromatic nitrogens is 2. The summed E-state index contributed by atoms with van der Waals surface area (Å²) in [6, 6.07) is 10.3. The van der Waals surface area contributed by atoms with E-state index in [0.29, 0.717) is 25.1 Å². The van der Waals surface area contributed by atoms with Crippen molar-refractivity contribution in [3.8, 4) is 0 Å². The Hall–Kier alpha value is -3.06. The summed E-state index contributed by atoms with van der Waals surface area (Å²) in [5.74, 6) is -0.993. The van der Waals surface area contributed by atoms with E-state index in [1.165, 1.54) is 6.07 Å². The zero-order valence-corrected chi connectivity index (χ0v) is 17.1. The van der Waals surface area contributed by atoms with Crippen LogP contribution in [0.3, 0.4) is 0 Å². The number of nitrogens with zero attached hydrogens (tertiary/aromatic N) is 3. The fourth-order valence-electron chi connectivity index (χ4n) is 3.79. The van der Waals surface area contributed by atoms with Gasteiger partial charge < -0.3 is 10.2 Å². The minimum absolute atomic E-state index is 0.0185. The third-order valence-electron chi connectivity index (χ3n) is 5.25. The fraction of sp³-hybridized carbons (Fsp3) is 0.273. The van der Waals surface area contributed by atoms with Gasteiger partial charge in [0.2, 0.25) is 0 Å². The Balaban J connectivity index is 1.33. The Bertz CT molecular complexity index is 1110. The standard InChI is InChI=1S/C22H20ClFN4O2/c1-13(27-21(29)17-9-20(23)26-10-18(17)24)8-14-11-28(12-14)22(30)16-6-7-25-19-5-3-2-4-15(16)19/h2-7,9-10,13-14H,8,11-12H2,1H3,(H,27,29). The van der Waals surface area contributed by atoms with Crippen molar-refractivity contribution < 1.29 is 14.0 Å². The molecule has 1 unspecified atom stereocenters. The molecular weight excluding hydrogens is 407 g/mol.